The summed E-state index contributed by atoms with van der Waals surface area (Å²) in [5, 5.41) is 0. The molecular weight excluding hydrogens is 320 g/mol. The van der Waals surface area contributed by atoms with Crippen molar-refractivity contribution in [2.75, 3.05) is 6.61 Å². The minimum absolute atomic E-state index is 0.0330. The van der Waals surface area contributed by atoms with Crippen LogP contribution in [0.3, 0.4) is 0 Å². The van der Waals surface area contributed by atoms with Crippen molar-refractivity contribution < 1.29 is 9.53 Å². The molecular formula is C24H34O2. The second-order valence-corrected chi connectivity index (χ2v) is 10.1. The third-order valence-electron chi connectivity index (χ3n) is 9.39. The topological polar surface area (TPSA) is 26.3 Å². The summed E-state index contributed by atoms with van der Waals surface area (Å²) >= 11 is 0. The Kier molecular flexibility index (Phi) is 3.84. The van der Waals surface area contributed by atoms with Gasteiger partial charge in [0, 0.05) is 11.8 Å². The molecule has 1 saturated heterocycles. The number of rotatable bonds is 1. The Labute approximate surface area is 158 Å². The molecule has 3 saturated carbocycles. The molecule has 0 bridgehead atoms. The van der Waals surface area contributed by atoms with Gasteiger partial charge in [-0.1, -0.05) is 32.4 Å². The molecule has 4 fully saturated rings. The van der Waals surface area contributed by atoms with Crippen LogP contribution in [0.25, 0.3) is 0 Å². The van der Waals surface area contributed by atoms with E-state index in [1.165, 1.54) is 43.3 Å². The highest BCUT2D eigenvalue weighted by Crippen LogP contribution is 2.69. The normalized spacial score (nSPS) is 50.4. The van der Waals surface area contributed by atoms with E-state index in [-0.39, 0.29) is 11.0 Å². The van der Waals surface area contributed by atoms with Gasteiger partial charge in [-0.05, 0) is 86.2 Å². The summed E-state index contributed by atoms with van der Waals surface area (Å²) in [7, 11) is 0. The van der Waals surface area contributed by atoms with Crippen LogP contribution in [0.5, 0.6) is 0 Å². The molecule has 2 heteroatoms. The highest BCUT2D eigenvalue weighted by molar-refractivity contribution is 5.91. The van der Waals surface area contributed by atoms with E-state index < -0.39 is 0 Å². The number of hydrogen-bond donors (Lipinski definition) is 0. The van der Waals surface area contributed by atoms with Crippen molar-refractivity contribution in [2.24, 2.45) is 35.0 Å². The Morgan fingerprint density at radius 3 is 2.81 bits per heavy atom. The predicted molar refractivity (Wildman–Crippen MR) is 104 cm³/mol. The third kappa shape index (κ3) is 2.06. The third-order valence-corrected chi connectivity index (χ3v) is 9.39. The molecule has 1 spiro atoms. The van der Waals surface area contributed by atoms with Crippen LogP contribution in [-0.4, -0.2) is 18.0 Å². The Morgan fingerprint density at radius 1 is 1.23 bits per heavy atom. The van der Waals surface area contributed by atoms with E-state index in [0.29, 0.717) is 11.7 Å². The molecule has 0 aromatic heterocycles. The number of hydrogen-bond acceptors (Lipinski definition) is 2. The van der Waals surface area contributed by atoms with Gasteiger partial charge in [0.15, 0.2) is 5.78 Å². The van der Waals surface area contributed by atoms with Crippen LogP contribution in [0.4, 0.5) is 0 Å². The Bertz CT molecular complexity index is 676. The molecule has 5 aliphatic rings. The molecule has 0 aromatic rings. The molecule has 4 aliphatic carbocycles. The van der Waals surface area contributed by atoms with Crippen LogP contribution in [-0.2, 0) is 9.53 Å². The first kappa shape index (κ1) is 17.2. The molecule has 2 nitrogen and oxygen atoms in total. The summed E-state index contributed by atoms with van der Waals surface area (Å²) in [6.45, 7) is 10.3. The van der Waals surface area contributed by atoms with Crippen molar-refractivity contribution in [1.29, 1.82) is 0 Å². The van der Waals surface area contributed by atoms with E-state index in [2.05, 4.69) is 20.4 Å². The summed E-state index contributed by atoms with van der Waals surface area (Å²) in [5.41, 5.74) is 3.12. The number of allylic oxidation sites excluding steroid dienone is 1. The average molecular weight is 355 g/mol. The Balaban J connectivity index is 1.54. The monoisotopic (exact) mass is 354 g/mol. The smallest absolute Gasteiger partial charge is 0.155 e. The van der Waals surface area contributed by atoms with Crippen LogP contribution in [0.15, 0.2) is 23.8 Å². The molecule has 5 rings (SSSR count). The van der Waals surface area contributed by atoms with Crippen molar-refractivity contribution in [2.45, 2.75) is 77.2 Å². The lowest BCUT2D eigenvalue weighted by Gasteiger charge is -2.59. The fourth-order valence-corrected chi connectivity index (χ4v) is 8.37. The highest BCUT2D eigenvalue weighted by atomic mass is 16.5. The zero-order valence-corrected chi connectivity index (χ0v) is 16.6. The second-order valence-electron chi connectivity index (χ2n) is 10.1. The number of carbonyl (C=O) groups is 1. The maximum absolute atomic E-state index is 12.0. The van der Waals surface area contributed by atoms with Crippen molar-refractivity contribution in [3.8, 4) is 0 Å². The Hall–Kier alpha value is -0.890. The maximum atomic E-state index is 12.0. The standard InChI is InChI=1S/C24H34O2/c1-4-16-14-23(3)21(9-11-24(23)15(2)10-12-26-24)20-7-5-17-13-18(25)6-8-19(17)22(16)20/h13,16,19-22H,2,4-12,14H2,1,3H3/t16-,19-,20-,21-,22+,23-,24+/m0/s1. The first-order chi connectivity index (χ1) is 12.5. The summed E-state index contributed by atoms with van der Waals surface area (Å²) in [4.78, 5) is 12.0. The fraction of sp³-hybridized carbons (Fsp3) is 0.792. The molecule has 1 aliphatic heterocycles. The van der Waals surface area contributed by atoms with Crippen LogP contribution < -0.4 is 0 Å². The van der Waals surface area contributed by atoms with Gasteiger partial charge in [-0.15, -0.1) is 0 Å². The highest BCUT2D eigenvalue weighted by Gasteiger charge is 2.66. The lowest BCUT2D eigenvalue weighted by Crippen LogP contribution is -2.56. The van der Waals surface area contributed by atoms with E-state index in [9.17, 15) is 4.79 Å². The van der Waals surface area contributed by atoms with Crippen molar-refractivity contribution in [3.63, 3.8) is 0 Å². The van der Waals surface area contributed by atoms with E-state index >= 15 is 0 Å². The molecule has 0 radical (unpaired) electrons. The minimum atomic E-state index is -0.0330. The van der Waals surface area contributed by atoms with Gasteiger partial charge in [-0.25, -0.2) is 0 Å². The summed E-state index contributed by atoms with van der Waals surface area (Å²) in [5.74, 6) is 4.24. The molecule has 1 heterocycles. The molecule has 0 N–H and O–H groups in total. The fourth-order valence-electron chi connectivity index (χ4n) is 8.37. The first-order valence-electron chi connectivity index (χ1n) is 11.1. The molecule has 0 aromatic carbocycles. The number of ketones is 1. The summed E-state index contributed by atoms with van der Waals surface area (Å²) in [6.07, 6.45) is 12.5. The molecule has 142 valence electrons. The van der Waals surface area contributed by atoms with E-state index in [0.717, 1.165) is 56.0 Å². The summed E-state index contributed by atoms with van der Waals surface area (Å²) in [6, 6.07) is 0. The average Bonchev–Trinajstić information content (AvgIpc) is 3.15. The van der Waals surface area contributed by atoms with Gasteiger partial charge >= 0.3 is 0 Å². The number of carbonyl (C=O) groups excluding carboxylic acids is 1. The molecule has 0 unspecified atom stereocenters. The largest absolute Gasteiger partial charge is 0.370 e. The molecule has 26 heavy (non-hydrogen) atoms. The first-order valence-corrected chi connectivity index (χ1v) is 11.1. The van der Waals surface area contributed by atoms with E-state index in [4.69, 9.17) is 4.74 Å². The minimum Gasteiger partial charge on any atom is -0.370 e. The Morgan fingerprint density at radius 2 is 2.08 bits per heavy atom. The SMILES string of the molecule is C=C1CCO[C@]12CC[C@H]1[C@@H]3CCC4=CC(=O)CC[C@@H]4[C@H]3[C@@H](CC)C[C@@]12C. The van der Waals surface area contributed by atoms with Gasteiger partial charge in [-0.2, -0.15) is 0 Å². The zero-order valence-electron chi connectivity index (χ0n) is 16.6. The van der Waals surface area contributed by atoms with Crippen molar-refractivity contribution in [3.05, 3.63) is 23.8 Å². The maximum Gasteiger partial charge on any atom is 0.155 e. The van der Waals surface area contributed by atoms with E-state index in [1.807, 2.05) is 6.08 Å². The zero-order chi connectivity index (χ0) is 18.1. The molecule has 0 amide bonds. The van der Waals surface area contributed by atoms with Gasteiger partial charge in [0.1, 0.15) is 0 Å². The van der Waals surface area contributed by atoms with Crippen LogP contribution in [0.1, 0.15) is 71.6 Å². The number of fused-ring (bicyclic) bond motifs is 6. The van der Waals surface area contributed by atoms with Crippen LogP contribution in [0.2, 0.25) is 0 Å². The lowest BCUT2D eigenvalue weighted by atomic mass is 9.46. The van der Waals surface area contributed by atoms with Gasteiger partial charge < -0.3 is 4.74 Å². The quantitative estimate of drug-likeness (QED) is 0.583. The van der Waals surface area contributed by atoms with Crippen LogP contribution >= 0.6 is 0 Å². The second kappa shape index (κ2) is 5.80. The molecule has 7 atom stereocenters. The predicted octanol–water partition coefficient (Wildman–Crippen LogP) is 5.48. The van der Waals surface area contributed by atoms with Gasteiger partial charge in [-0.3, -0.25) is 4.79 Å². The van der Waals surface area contributed by atoms with Gasteiger partial charge in [0.2, 0.25) is 0 Å². The van der Waals surface area contributed by atoms with Crippen LogP contribution in [0, 0.1) is 35.0 Å². The lowest BCUT2D eigenvalue weighted by molar-refractivity contribution is -0.133. The van der Waals surface area contributed by atoms with Crippen molar-refractivity contribution >= 4 is 5.78 Å². The number of ether oxygens (including phenoxy) is 1. The van der Waals surface area contributed by atoms with E-state index in [1.54, 1.807) is 0 Å². The van der Waals surface area contributed by atoms with Gasteiger partial charge in [0.25, 0.3) is 0 Å². The van der Waals surface area contributed by atoms with Crippen molar-refractivity contribution in [1.82, 2.24) is 0 Å². The summed E-state index contributed by atoms with van der Waals surface area (Å²) < 4.78 is 6.52. The van der Waals surface area contributed by atoms with Gasteiger partial charge in [0.05, 0.1) is 12.2 Å².